The predicted octanol–water partition coefficient (Wildman–Crippen LogP) is 6.71. The number of hydrogen-bond acceptors (Lipinski definition) is 5. The van der Waals surface area contributed by atoms with Crippen molar-refractivity contribution < 1.29 is 19.4 Å². The fourth-order valence-electron chi connectivity index (χ4n) is 4.68. The summed E-state index contributed by atoms with van der Waals surface area (Å²) in [5.41, 5.74) is 4.00. The molecule has 0 saturated heterocycles. The number of esters is 1. The summed E-state index contributed by atoms with van der Waals surface area (Å²) in [6.07, 6.45) is 3.57. The number of carbonyl (C=O) groups excluding carboxylic acids is 2. The van der Waals surface area contributed by atoms with Crippen molar-refractivity contribution in [3.05, 3.63) is 81.7 Å². The lowest BCUT2D eigenvalue weighted by molar-refractivity contribution is 0.0526. The van der Waals surface area contributed by atoms with E-state index in [2.05, 4.69) is 6.92 Å². The van der Waals surface area contributed by atoms with Gasteiger partial charge in [0, 0.05) is 28.6 Å². The first-order valence-electron chi connectivity index (χ1n) is 13.7. The number of aromatic nitrogens is 2. The standard InChI is InChI=1S/C32H43N3O4.BrH/c1-9-11-24-19-34(30(33)35(24)18-21-12-14-22(15-13-21)29(38)39-10-2)20-27(36)23-16-25(31(3,4)5)28(37)26(17-23)32(6,7)8;/h12-17,19,33,37H,9-11,18,20H2,1-8H3;1H. The highest BCUT2D eigenvalue weighted by molar-refractivity contribution is 8.93. The number of phenolic OH excluding ortho intramolecular Hbond substituents is 1. The van der Waals surface area contributed by atoms with Gasteiger partial charge in [0.2, 0.25) is 5.62 Å². The lowest BCUT2D eigenvalue weighted by Gasteiger charge is -2.28. The number of ketones is 1. The Morgan fingerprint density at radius 2 is 1.48 bits per heavy atom. The maximum atomic E-state index is 13.6. The fraction of sp³-hybridized carbons (Fsp3) is 0.469. The molecular weight excluding hydrogens is 570 g/mol. The molecule has 0 bridgehead atoms. The molecule has 40 heavy (non-hydrogen) atoms. The van der Waals surface area contributed by atoms with Crippen LogP contribution in [0.4, 0.5) is 0 Å². The first kappa shape index (κ1) is 33.1. The minimum atomic E-state index is -0.354. The third-order valence-electron chi connectivity index (χ3n) is 6.85. The van der Waals surface area contributed by atoms with Crippen LogP contribution in [0.1, 0.15) is 105 Å². The van der Waals surface area contributed by atoms with E-state index >= 15 is 0 Å². The molecule has 0 saturated carbocycles. The van der Waals surface area contributed by atoms with Gasteiger partial charge in [0.15, 0.2) is 5.78 Å². The van der Waals surface area contributed by atoms with Crippen LogP contribution in [0.2, 0.25) is 0 Å². The molecule has 218 valence electrons. The molecule has 0 radical (unpaired) electrons. The Morgan fingerprint density at radius 3 is 1.95 bits per heavy atom. The van der Waals surface area contributed by atoms with Gasteiger partial charge >= 0.3 is 5.97 Å². The van der Waals surface area contributed by atoms with Crippen molar-refractivity contribution in [2.24, 2.45) is 0 Å². The molecular formula is C32H44BrN3O4. The summed E-state index contributed by atoms with van der Waals surface area (Å²) in [6, 6.07) is 10.8. The molecule has 0 spiro atoms. The molecule has 2 aromatic carbocycles. The highest BCUT2D eigenvalue weighted by Gasteiger charge is 2.28. The lowest BCUT2D eigenvalue weighted by Crippen LogP contribution is -2.28. The van der Waals surface area contributed by atoms with Crippen LogP contribution < -0.4 is 5.62 Å². The Morgan fingerprint density at radius 1 is 0.925 bits per heavy atom. The van der Waals surface area contributed by atoms with E-state index in [4.69, 9.17) is 10.1 Å². The van der Waals surface area contributed by atoms with Gasteiger partial charge in [0.05, 0.1) is 25.3 Å². The number of carbonyl (C=O) groups is 2. The zero-order chi connectivity index (χ0) is 29.1. The monoisotopic (exact) mass is 613 g/mol. The number of rotatable bonds is 9. The van der Waals surface area contributed by atoms with Gasteiger partial charge < -0.3 is 19.0 Å². The number of Topliss-reactive ketones (excluding diaryl/α,β-unsaturated/α-hetero) is 1. The van der Waals surface area contributed by atoms with Gasteiger partial charge in [0.25, 0.3) is 0 Å². The van der Waals surface area contributed by atoms with E-state index in [1.165, 1.54) is 0 Å². The number of nitrogens with one attached hydrogen (secondary N) is 1. The number of aryl methyl sites for hydroxylation is 1. The smallest absolute Gasteiger partial charge is 0.338 e. The van der Waals surface area contributed by atoms with Gasteiger partial charge in [-0.2, -0.15) is 0 Å². The van der Waals surface area contributed by atoms with Gasteiger partial charge in [-0.1, -0.05) is 67.0 Å². The minimum Gasteiger partial charge on any atom is -0.507 e. The topological polar surface area (TPSA) is 97.3 Å². The number of imidazole rings is 1. The molecule has 7 nitrogen and oxygen atoms in total. The molecule has 0 aliphatic rings. The van der Waals surface area contributed by atoms with Crippen LogP contribution >= 0.6 is 17.0 Å². The van der Waals surface area contributed by atoms with E-state index in [1.807, 2.05) is 64.4 Å². The number of nitrogens with zero attached hydrogens (tertiary/aromatic N) is 2. The number of aromatic hydroxyl groups is 1. The molecule has 0 fully saturated rings. The highest BCUT2D eigenvalue weighted by atomic mass is 79.9. The van der Waals surface area contributed by atoms with Crippen LogP contribution in [-0.2, 0) is 35.1 Å². The molecule has 0 amide bonds. The number of halogens is 1. The Balaban J connectivity index is 0.00000560. The fourth-order valence-corrected chi connectivity index (χ4v) is 4.68. The Labute approximate surface area is 248 Å². The molecule has 0 atom stereocenters. The van der Waals surface area contributed by atoms with Gasteiger partial charge in [-0.15, -0.1) is 17.0 Å². The first-order valence-corrected chi connectivity index (χ1v) is 13.7. The van der Waals surface area contributed by atoms with Crippen LogP contribution in [0.3, 0.4) is 0 Å². The molecule has 1 heterocycles. The summed E-state index contributed by atoms with van der Waals surface area (Å²) in [7, 11) is 0. The summed E-state index contributed by atoms with van der Waals surface area (Å²) in [5.74, 6) is -0.220. The zero-order valence-corrected chi connectivity index (χ0v) is 26.8. The first-order chi connectivity index (χ1) is 18.2. The average molecular weight is 615 g/mol. The number of phenols is 1. The molecule has 3 aromatic rings. The van der Waals surface area contributed by atoms with Gasteiger partial charge in [-0.25, -0.2) is 4.79 Å². The van der Waals surface area contributed by atoms with E-state index in [1.54, 1.807) is 35.8 Å². The van der Waals surface area contributed by atoms with Crippen molar-refractivity contribution in [2.45, 2.75) is 92.2 Å². The number of benzene rings is 2. The Kier molecular flexibility index (Phi) is 10.8. The van der Waals surface area contributed by atoms with Crippen molar-refractivity contribution in [3.8, 4) is 5.75 Å². The second kappa shape index (κ2) is 13.0. The van der Waals surface area contributed by atoms with E-state index in [0.717, 1.165) is 35.2 Å². The summed E-state index contributed by atoms with van der Waals surface area (Å²) in [6.45, 7) is 16.8. The second-order valence-electron chi connectivity index (χ2n) is 12.2. The maximum Gasteiger partial charge on any atom is 0.338 e. The normalized spacial score (nSPS) is 11.7. The van der Waals surface area contributed by atoms with Crippen molar-refractivity contribution in [3.63, 3.8) is 0 Å². The molecule has 0 aliphatic heterocycles. The van der Waals surface area contributed by atoms with Crippen LogP contribution in [0.15, 0.2) is 42.6 Å². The second-order valence-corrected chi connectivity index (χ2v) is 12.2. The Bertz CT molecular complexity index is 1370. The van der Waals surface area contributed by atoms with Crippen LogP contribution in [0.5, 0.6) is 5.75 Å². The van der Waals surface area contributed by atoms with Gasteiger partial charge in [-0.05, 0) is 54.0 Å². The lowest BCUT2D eigenvalue weighted by atomic mass is 9.78. The summed E-state index contributed by atoms with van der Waals surface area (Å²) in [5, 5.41) is 19.9. The largest absolute Gasteiger partial charge is 0.507 e. The molecule has 8 heteroatoms. The Hall–Kier alpha value is -3.13. The van der Waals surface area contributed by atoms with E-state index in [0.29, 0.717) is 24.3 Å². The highest BCUT2D eigenvalue weighted by Crippen LogP contribution is 2.39. The summed E-state index contributed by atoms with van der Waals surface area (Å²) in [4.78, 5) is 25.6. The third kappa shape index (κ3) is 7.53. The van der Waals surface area contributed by atoms with E-state index in [-0.39, 0.29) is 57.5 Å². The molecule has 0 unspecified atom stereocenters. The van der Waals surface area contributed by atoms with Crippen LogP contribution in [-0.4, -0.2) is 32.6 Å². The number of hydrogen-bond donors (Lipinski definition) is 2. The van der Waals surface area contributed by atoms with Gasteiger partial charge in [-0.3, -0.25) is 10.2 Å². The average Bonchev–Trinajstić information content (AvgIpc) is 3.12. The molecule has 1 aromatic heterocycles. The summed E-state index contributed by atoms with van der Waals surface area (Å²) < 4.78 is 8.67. The molecule has 2 N–H and O–H groups in total. The van der Waals surface area contributed by atoms with Crippen LogP contribution in [0, 0.1) is 5.41 Å². The third-order valence-corrected chi connectivity index (χ3v) is 6.85. The number of ether oxygens (including phenoxy) is 1. The van der Waals surface area contributed by atoms with Crippen molar-refractivity contribution in [1.82, 2.24) is 9.13 Å². The summed E-state index contributed by atoms with van der Waals surface area (Å²) >= 11 is 0. The molecule has 3 rings (SSSR count). The van der Waals surface area contributed by atoms with Crippen molar-refractivity contribution >= 4 is 28.7 Å². The molecule has 0 aliphatic carbocycles. The van der Waals surface area contributed by atoms with E-state index in [9.17, 15) is 14.7 Å². The van der Waals surface area contributed by atoms with Crippen molar-refractivity contribution in [2.75, 3.05) is 6.61 Å². The quantitative estimate of drug-likeness (QED) is 0.207. The minimum absolute atomic E-state index is 0. The van der Waals surface area contributed by atoms with Gasteiger partial charge in [0.1, 0.15) is 5.75 Å². The zero-order valence-electron chi connectivity index (χ0n) is 25.1. The maximum absolute atomic E-state index is 13.6. The van der Waals surface area contributed by atoms with Crippen molar-refractivity contribution in [1.29, 1.82) is 5.41 Å². The SMILES string of the molecule is Br.CCCc1cn(CC(=O)c2cc(C(C)(C)C)c(O)c(C(C)(C)C)c2)c(=N)n1Cc1ccc(C(=O)OCC)cc1. The predicted molar refractivity (Wildman–Crippen MR) is 164 cm³/mol. The van der Waals surface area contributed by atoms with E-state index < -0.39 is 0 Å². The van der Waals surface area contributed by atoms with Crippen LogP contribution in [0.25, 0.3) is 0 Å².